The second-order valence-corrected chi connectivity index (χ2v) is 9.70. The SMILES string of the molecule is C1=C[C@@H]2CC1C(c1ccc(P(c3ccccc3)c3ccccc3)cc1)C2. The number of fused-ring (bicyclic) bond motifs is 2. The molecule has 1 fully saturated rings. The highest BCUT2D eigenvalue weighted by Gasteiger charge is 2.36. The standard InChI is InChI=1S/C25H23P/c1-3-7-22(8-4-1)26(23-9-5-2-6-10-23)24-15-13-20(14-16-24)25-18-19-11-12-21(25)17-19/h1-16,19,21,25H,17-18H2/t19-,21?,25?/m1/s1. The molecule has 2 unspecified atom stereocenters. The van der Waals surface area contributed by atoms with Gasteiger partial charge in [0.15, 0.2) is 0 Å². The van der Waals surface area contributed by atoms with Gasteiger partial charge in [-0.25, -0.2) is 0 Å². The molecule has 2 aliphatic rings. The minimum absolute atomic E-state index is 0.490. The molecule has 0 aromatic heterocycles. The maximum atomic E-state index is 2.45. The summed E-state index contributed by atoms with van der Waals surface area (Å²) in [6.45, 7) is 0. The van der Waals surface area contributed by atoms with E-state index in [1.165, 1.54) is 34.3 Å². The third-order valence-corrected chi connectivity index (χ3v) is 8.33. The van der Waals surface area contributed by atoms with Crippen molar-refractivity contribution >= 4 is 23.8 Å². The molecular formula is C25H23P. The molecule has 0 heterocycles. The summed E-state index contributed by atoms with van der Waals surface area (Å²) in [5.74, 6) is 2.34. The summed E-state index contributed by atoms with van der Waals surface area (Å²) in [6.07, 6.45) is 7.59. The van der Waals surface area contributed by atoms with Crippen molar-refractivity contribution in [3.05, 3.63) is 103 Å². The Hall–Kier alpha value is -2.17. The molecule has 0 radical (unpaired) electrons. The van der Waals surface area contributed by atoms with E-state index in [9.17, 15) is 0 Å². The van der Waals surface area contributed by atoms with Crippen molar-refractivity contribution in [1.82, 2.24) is 0 Å². The van der Waals surface area contributed by atoms with E-state index in [0.29, 0.717) is 0 Å². The fourth-order valence-corrected chi connectivity index (χ4v) is 6.92. The Balaban J connectivity index is 1.50. The summed E-state index contributed by atoms with van der Waals surface area (Å²) >= 11 is 0. The van der Waals surface area contributed by atoms with Gasteiger partial charge >= 0.3 is 0 Å². The van der Waals surface area contributed by atoms with E-state index in [1.807, 2.05) is 0 Å². The van der Waals surface area contributed by atoms with Gasteiger partial charge in [-0.3, -0.25) is 0 Å². The molecule has 0 amide bonds. The molecule has 2 aliphatic carbocycles. The van der Waals surface area contributed by atoms with Crippen LogP contribution in [0, 0.1) is 11.8 Å². The number of benzene rings is 3. The van der Waals surface area contributed by atoms with Crippen molar-refractivity contribution in [1.29, 1.82) is 0 Å². The fourth-order valence-electron chi connectivity index (χ4n) is 4.64. The molecule has 2 bridgehead atoms. The highest BCUT2D eigenvalue weighted by Crippen LogP contribution is 2.48. The Morgan fingerprint density at radius 1 is 0.577 bits per heavy atom. The molecule has 0 spiro atoms. The minimum Gasteiger partial charge on any atom is -0.0851 e. The first-order chi connectivity index (χ1) is 12.9. The van der Waals surface area contributed by atoms with E-state index in [4.69, 9.17) is 0 Å². The van der Waals surface area contributed by atoms with Gasteiger partial charge in [0.25, 0.3) is 0 Å². The quantitative estimate of drug-likeness (QED) is 0.450. The van der Waals surface area contributed by atoms with Gasteiger partial charge in [0.05, 0.1) is 0 Å². The summed E-state index contributed by atoms with van der Waals surface area (Å²) in [5.41, 5.74) is 1.53. The van der Waals surface area contributed by atoms with Crippen LogP contribution >= 0.6 is 7.92 Å². The van der Waals surface area contributed by atoms with E-state index in [0.717, 1.165) is 17.8 Å². The van der Waals surface area contributed by atoms with Crippen LogP contribution in [0.5, 0.6) is 0 Å². The Kier molecular flexibility index (Phi) is 4.23. The topological polar surface area (TPSA) is 0 Å². The molecule has 5 rings (SSSR count). The van der Waals surface area contributed by atoms with E-state index < -0.39 is 7.92 Å². The Morgan fingerprint density at radius 3 is 1.65 bits per heavy atom. The lowest BCUT2D eigenvalue weighted by molar-refractivity contribution is 0.586. The van der Waals surface area contributed by atoms with Crippen molar-refractivity contribution in [2.75, 3.05) is 0 Å². The third kappa shape index (κ3) is 2.93. The summed E-state index contributed by atoms with van der Waals surface area (Å²) in [4.78, 5) is 0. The van der Waals surface area contributed by atoms with Crippen molar-refractivity contribution < 1.29 is 0 Å². The van der Waals surface area contributed by atoms with E-state index in [1.54, 1.807) is 0 Å². The molecule has 1 saturated carbocycles. The van der Waals surface area contributed by atoms with Crippen LogP contribution in [0.1, 0.15) is 24.3 Å². The number of hydrogen-bond acceptors (Lipinski definition) is 0. The van der Waals surface area contributed by atoms with Crippen molar-refractivity contribution in [2.45, 2.75) is 18.8 Å². The Morgan fingerprint density at radius 2 is 1.15 bits per heavy atom. The van der Waals surface area contributed by atoms with Crippen molar-refractivity contribution in [3.63, 3.8) is 0 Å². The van der Waals surface area contributed by atoms with Gasteiger partial charge in [-0.05, 0) is 60.0 Å². The van der Waals surface area contributed by atoms with Crippen LogP contribution in [-0.2, 0) is 0 Å². The first kappa shape index (κ1) is 16.0. The maximum Gasteiger partial charge on any atom is -0.00932 e. The smallest absolute Gasteiger partial charge is 0.00932 e. The first-order valence-electron chi connectivity index (χ1n) is 9.57. The van der Waals surface area contributed by atoms with Crippen LogP contribution in [0.4, 0.5) is 0 Å². The van der Waals surface area contributed by atoms with Gasteiger partial charge in [0.2, 0.25) is 0 Å². The number of allylic oxidation sites excluding steroid dienone is 2. The highest BCUT2D eigenvalue weighted by molar-refractivity contribution is 7.79. The minimum atomic E-state index is -0.490. The maximum absolute atomic E-state index is 2.45. The predicted octanol–water partition coefficient (Wildman–Crippen LogP) is 5.12. The van der Waals surface area contributed by atoms with Gasteiger partial charge in [0.1, 0.15) is 0 Å². The van der Waals surface area contributed by atoms with E-state index in [2.05, 4.69) is 97.1 Å². The van der Waals surface area contributed by atoms with Crippen LogP contribution < -0.4 is 15.9 Å². The molecule has 0 nitrogen and oxygen atoms in total. The number of hydrogen-bond donors (Lipinski definition) is 0. The van der Waals surface area contributed by atoms with Crippen molar-refractivity contribution in [3.8, 4) is 0 Å². The summed E-state index contributed by atoms with van der Waals surface area (Å²) in [5, 5.41) is 4.29. The summed E-state index contributed by atoms with van der Waals surface area (Å²) in [6, 6.07) is 31.5. The summed E-state index contributed by atoms with van der Waals surface area (Å²) < 4.78 is 0. The lowest BCUT2D eigenvalue weighted by atomic mass is 9.87. The molecule has 0 N–H and O–H groups in total. The molecule has 128 valence electrons. The lowest BCUT2D eigenvalue weighted by Gasteiger charge is -2.22. The second kappa shape index (κ2) is 6.86. The Bertz CT molecular complexity index is 856. The molecular weight excluding hydrogens is 331 g/mol. The van der Waals surface area contributed by atoms with Gasteiger partial charge < -0.3 is 0 Å². The molecule has 1 heteroatoms. The van der Waals surface area contributed by atoms with Crippen LogP contribution in [0.3, 0.4) is 0 Å². The third-order valence-electron chi connectivity index (χ3n) is 5.89. The monoisotopic (exact) mass is 354 g/mol. The molecule has 0 aliphatic heterocycles. The van der Waals surface area contributed by atoms with Gasteiger partial charge in [0, 0.05) is 0 Å². The fraction of sp³-hybridized carbons (Fsp3) is 0.200. The van der Waals surface area contributed by atoms with Crippen LogP contribution in [-0.4, -0.2) is 0 Å². The Labute approximate surface area is 157 Å². The average molecular weight is 354 g/mol. The predicted molar refractivity (Wildman–Crippen MR) is 113 cm³/mol. The zero-order chi connectivity index (χ0) is 17.3. The molecule has 3 aromatic rings. The molecule has 3 aromatic carbocycles. The van der Waals surface area contributed by atoms with E-state index >= 15 is 0 Å². The largest absolute Gasteiger partial charge is 0.0851 e. The molecule has 26 heavy (non-hydrogen) atoms. The van der Waals surface area contributed by atoms with Gasteiger partial charge in [-0.15, -0.1) is 0 Å². The van der Waals surface area contributed by atoms with Crippen molar-refractivity contribution in [2.24, 2.45) is 11.8 Å². The number of rotatable bonds is 4. The van der Waals surface area contributed by atoms with E-state index in [-0.39, 0.29) is 0 Å². The first-order valence-corrected chi connectivity index (χ1v) is 10.9. The summed E-state index contributed by atoms with van der Waals surface area (Å²) in [7, 11) is -0.490. The normalized spacial score (nSPS) is 23.7. The molecule has 3 atom stereocenters. The second-order valence-electron chi connectivity index (χ2n) is 7.48. The molecule has 0 saturated heterocycles. The average Bonchev–Trinajstić information content (AvgIpc) is 3.34. The van der Waals surface area contributed by atoms with Gasteiger partial charge in [-0.1, -0.05) is 97.1 Å². The zero-order valence-electron chi connectivity index (χ0n) is 14.8. The lowest BCUT2D eigenvalue weighted by Crippen LogP contribution is -2.20. The van der Waals surface area contributed by atoms with Crippen LogP contribution in [0.25, 0.3) is 0 Å². The highest BCUT2D eigenvalue weighted by atomic mass is 31.1. The van der Waals surface area contributed by atoms with Gasteiger partial charge in [-0.2, -0.15) is 0 Å². The zero-order valence-corrected chi connectivity index (χ0v) is 15.7. The van der Waals surface area contributed by atoms with Crippen LogP contribution in [0.2, 0.25) is 0 Å². The van der Waals surface area contributed by atoms with Crippen LogP contribution in [0.15, 0.2) is 97.1 Å².